The molecule has 0 N–H and O–H groups in total. The molecule has 2 saturated carbocycles. The molecular weight excluding hydrogens is 1040 g/mol. The molecule has 11 aromatic rings. The maximum atomic E-state index is 10.4. The van der Waals surface area contributed by atoms with E-state index >= 15 is 0 Å². The average Bonchev–Trinajstić information content (AvgIpc) is 0.675. The molecule has 0 saturated heterocycles. The van der Waals surface area contributed by atoms with Gasteiger partial charge in [-0.05, 0) is 173 Å². The summed E-state index contributed by atoms with van der Waals surface area (Å²) in [5.74, 6) is 0. The summed E-state index contributed by atoms with van der Waals surface area (Å²) in [5, 5.41) is 0. The fourth-order valence-electron chi connectivity index (χ4n) is 14.5. The van der Waals surface area contributed by atoms with Gasteiger partial charge in [-0.2, -0.15) is 0 Å². The number of nitrogens with zero attached hydrogens (tertiary/aromatic N) is 6. The third-order valence-corrected chi connectivity index (χ3v) is 17.8. The van der Waals surface area contributed by atoms with E-state index in [9.17, 15) is 27.4 Å². The highest BCUT2D eigenvalue weighted by atomic mass is 15.2. The summed E-state index contributed by atoms with van der Waals surface area (Å²) in [6.45, 7) is -2.87. The molecular formula is C78H66B2N6. The van der Waals surface area contributed by atoms with Crippen LogP contribution in [0.1, 0.15) is 103 Å². The maximum Gasteiger partial charge on any atom is 0.252 e. The second kappa shape index (κ2) is 21.1. The van der Waals surface area contributed by atoms with Gasteiger partial charge in [0.2, 0.25) is 0 Å². The lowest BCUT2D eigenvalue weighted by molar-refractivity contribution is 0.340. The Morgan fingerprint density at radius 2 is 0.663 bits per heavy atom. The predicted octanol–water partition coefficient (Wildman–Crippen LogP) is 16.8. The van der Waals surface area contributed by atoms with Gasteiger partial charge in [-0.25, -0.2) is 0 Å². The fraction of sp³-hybridized carbons (Fsp3) is 0.154. The lowest BCUT2D eigenvalue weighted by Crippen LogP contribution is -2.65. The van der Waals surface area contributed by atoms with Gasteiger partial charge in [-0.15, -0.1) is 0 Å². The molecule has 414 valence electrons. The van der Waals surface area contributed by atoms with Crippen molar-refractivity contribution in [1.29, 1.82) is 0 Å². The van der Waals surface area contributed by atoms with Gasteiger partial charge in [0.25, 0.3) is 13.4 Å². The molecule has 0 aromatic heterocycles. The first-order valence-electron chi connectivity index (χ1n) is 43.2. The first-order chi connectivity index (χ1) is 54.3. The molecule has 0 unspecified atom stereocenters. The van der Waals surface area contributed by atoms with E-state index in [0.29, 0.717) is 39.4 Å². The number of hydrogen-bond acceptors (Lipinski definition) is 6. The summed E-state index contributed by atoms with van der Waals surface area (Å²) < 4.78 is 267. The van der Waals surface area contributed by atoms with Gasteiger partial charge in [0, 0.05) is 97.4 Å². The molecule has 0 bridgehead atoms. The predicted molar refractivity (Wildman–Crippen MR) is 365 cm³/mol. The van der Waals surface area contributed by atoms with E-state index in [1.54, 1.807) is 41.3 Å². The van der Waals surface area contributed by atoms with Crippen LogP contribution in [-0.4, -0.2) is 25.5 Å². The van der Waals surface area contributed by atoms with E-state index in [1.807, 2.05) is 47.4 Å². The molecule has 11 aromatic carbocycles. The Hall–Kier alpha value is -9.65. The number of para-hydroxylation sites is 8. The zero-order valence-corrected chi connectivity index (χ0v) is 46.3. The van der Waals surface area contributed by atoms with Crippen molar-refractivity contribution in [3.63, 3.8) is 0 Å². The van der Waals surface area contributed by atoms with Gasteiger partial charge in [-0.3, -0.25) is 0 Å². The van der Waals surface area contributed by atoms with Crippen LogP contribution in [0.4, 0.5) is 91.0 Å². The van der Waals surface area contributed by atoms with Crippen molar-refractivity contribution in [1.82, 2.24) is 0 Å². The number of anilines is 16. The number of rotatable bonds is 10. The zero-order valence-electron chi connectivity index (χ0n) is 74.3. The van der Waals surface area contributed by atoms with Crippen LogP contribution in [0.25, 0.3) is 0 Å². The first kappa shape index (κ1) is 29.9. The van der Waals surface area contributed by atoms with E-state index < -0.39 is 211 Å². The van der Waals surface area contributed by atoms with Crippen molar-refractivity contribution in [2.45, 2.75) is 76.3 Å². The van der Waals surface area contributed by atoms with Gasteiger partial charge in [0.15, 0.2) is 0 Å². The molecule has 6 aliphatic rings. The molecule has 8 heteroatoms. The van der Waals surface area contributed by atoms with E-state index in [1.165, 1.54) is 17.0 Å². The minimum absolute atomic E-state index is 0.0131. The lowest BCUT2D eigenvalue weighted by Gasteiger charge is -2.48. The number of fused-ring (bicyclic) bond motifs is 8. The molecule has 0 radical (unpaired) electrons. The second-order valence-electron chi connectivity index (χ2n) is 22.4. The Kier molecular flexibility index (Phi) is 7.36. The minimum atomic E-state index is -1.54. The van der Waals surface area contributed by atoms with Gasteiger partial charge in [0.1, 0.15) is 0 Å². The summed E-state index contributed by atoms with van der Waals surface area (Å²) in [4.78, 5) is 9.59. The van der Waals surface area contributed by atoms with Crippen molar-refractivity contribution in [3.8, 4) is 0 Å². The monoisotopic (exact) mass is 1140 g/mol. The molecule has 2 fully saturated rings. The van der Waals surface area contributed by atoms with Crippen LogP contribution < -0.4 is 62.2 Å². The molecule has 2 aliphatic carbocycles. The van der Waals surface area contributed by atoms with E-state index in [2.05, 4.69) is 11.0 Å². The van der Waals surface area contributed by atoms with E-state index in [0.717, 1.165) is 74.0 Å². The Morgan fingerprint density at radius 3 is 1.08 bits per heavy atom. The zero-order chi connectivity index (χ0) is 81.0. The fourth-order valence-corrected chi connectivity index (χ4v) is 14.5. The van der Waals surface area contributed by atoms with Crippen molar-refractivity contribution in [3.05, 3.63) is 266 Å². The van der Waals surface area contributed by atoms with Gasteiger partial charge in [-0.1, -0.05) is 190 Å². The standard InChI is InChI=1S/C78H66B2N6/c1-9-29-55(30-10-1)81(56-31-11-2-12-32-56)63-49-73-77-75(51-63)85(61-41-21-7-22-42-61)71-54-72-68(53-67(71)79(77)65-45-25-27-47-69(65)83(73)59-37-17-5-18-38-59)80-66-46-26-28-48-70(66)84(60-39-19-6-20-40-60)74-50-64(52-76(78(74)80)86(72)62-43-23-8-24-44-62)82(57-33-13-3-14-34-57)58-35-15-4-16-36-58/h1-2,5-12,17-32,37-54,57-58H,3-4,13-16,33-36H2/i1D,2D,5D,6D,9D,10D,11D,12D,17D,18D,19D,20D,25D,26D,27D,28D,29D,30D,31D,32D,37D,38D,39D,40D,45D,46D,47D,48D. The molecule has 0 spiro atoms. The third-order valence-electron chi connectivity index (χ3n) is 17.8. The van der Waals surface area contributed by atoms with E-state index in [4.69, 9.17) is 11.0 Å². The molecule has 6 nitrogen and oxygen atoms in total. The van der Waals surface area contributed by atoms with Gasteiger partial charge < -0.3 is 29.4 Å². The molecule has 0 atom stereocenters. The summed E-state index contributed by atoms with van der Waals surface area (Å²) in [6.07, 6.45) is 9.05. The molecule has 4 heterocycles. The molecule has 86 heavy (non-hydrogen) atoms. The van der Waals surface area contributed by atoms with Crippen LogP contribution in [0, 0.1) is 0 Å². The molecule has 0 amide bonds. The van der Waals surface area contributed by atoms with Crippen molar-refractivity contribution in [2.24, 2.45) is 0 Å². The largest absolute Gasteiger partial charge is 0.365 e. The topological polar surface area (TPSA) is 19.4 Å². The highest BCUT2D eigenvalue weighted by Gasteiger charge is 2.49. The second-order valence-corrected chi connectivity index (χ2v) is 22.4. The average molecular weight is 1140 g/mol. The third kappa shape index (κ3) is 8.24. The lowest BCUT2D eigenvalue weighted by atomic mass is 9.30. The number of hydrogen-bond donors (Lipinski definition) is 0. The Bertz CT molecular complexity index is 5840. The van der Waals surface area contributed by atoms with Crippen LogP contribution in [-0.2, 0) is 0 Å². The minimum Gasteiger partial charge on any atom is -0.365 e. The Labute approximate surface area is 546 Å². The van der Waals surface area contributed by atoms with Crippen molar-refractivity contribution < 1.29 is 38.4 Å². The van der Waals surface area contributed by atoms with Crippen molar-refractivity contribution in [2.75, 3.05) is 29.4 Å². The molecule has 17 rings (SSSR count). The summed E-state index contributed by atoms with van der Waals surface area (Å²) in [5.41, 5.74) is -0.492. The normalized spacial score (nSPS) is 20.2. The van der Waals surface area contributed by atoms with Crippen LogP contribution in [0.5, 0.6) is 0 Å². The SMILES string of the molecule is [2H]c1c([2H])c([2H])c(N(c2cc3c4c(c2)N(c2c([2H])c([2H])c([2H])c([2H])c2[2H])c2c([2H])c([2H])c([2H])c([2H])c2B4c2cc4c(cc2N3c2ccccc2)N(c2ccccc2)c2cc(N(C3CCCCC3)C3CCCCC3)cc3c2B4c2c([2H])c([2H])c([2H])c([2H])c2N3c2c([2H])c([2H])c([2H])c([2H])c2[2H])c2c([2H])c([2H])c([2H])c([2H])c2[2H])c([2H])c1[2H]. The van der Waals surface area contributed by atoms with Crippen LogP contribution in [0.15, 0.2) is 266 Å². The van der Waals surface area contributed by atoms with Crippen LogP contribution in [0.2, 0.25) is 0 Å². The highest BCUT2D eigenvalue weighted by molar-refractivity contribution is 7.03. The number of benzene rings is 11. The Balaban J connectivity index is 1.08. The summed E-state index contributed by atoms with van der Waals surface area (Å²) in [6, 6.07) is 5.63. The van der Waals surface area contributed by atoms with Crippen LogP contribution >= 0.6 is 0 Å². The summed E-state index contributed by atoms with van der Waals surface area (Å²) >= 11 is 0. The first-order valence-corrected chi connectivity index (χ1v) is 29.2. The molecule has 4 aliphatic heterocycles. The maximum absolute atomic E-state index is 10.4. The Morgan fingerprint density at radius 1 is 0.302 bits per heavy atom. The van der Waals surface area contributed by atoms with Gasteiger partial charge >= 0.3 is 0 Å². The van der Waals surface area contributed by atoms with E-state index in [-0.39, 0.29) is 68.1 Å². The van der Waals surface area contributed by atoms with Crippen molar-refractivity contribution >= 4 is 137 Å². The summed E-state index contributed by atoms with van der Waals surface area (Å²) in [7, 11) is 0. The quantitative estimate of drug-likeness (QED) is 0.126. The van der Waals surface area contributed by atoms with Crippen LogP contribution in [0.3, 0.4) is 0 Å². The smallest absolute Gasteiger partial charge is 0.252 e. The van der Waals surface area contributed by atoms with Gasteiger partial charge in [0.05, 0.1) is 44.1 Å². The highest BCUT2D eigenvalue weighted by Crippen LogP contribution is 2.52.